The average Bonchev–Trinajstić information content (AvgIpc) is 2.71. The van der Waals surface area contributed by atoms with Crippen LogP contribution in [0.15, 0.2) is 17.1 Å². The molecule has 11 heavy (non-hydrogen) atoms. The van der Waals surface area contributed by atoms with Crippen molar-refractivity contribution in [3.63, 3.8) is 0 Å². The highest BCUT2D eigenvalue weighted by Gasteiger charge is 2.43. The van der Waals surface area contributed by atoms with Gasteiger partial charge in [0, 0.05) is 13.3 Å². The largest absolute Gasteiger partial charge is 0.296 e. The molecule has 1 aliphatic rings. The molecule has 0 aromatic heterocycles. The maximum atomic E-state index is 4.05. The van der Waals surface area contributed by atoms with E-state index in [1.807, 2.05) is 13.3 Å². The van der Waals surface area contributed by atoms with Crippen LogP contribution in [0.4, 0.5) is 0 Å². The first kappa shape index (κ1) is 8.51. The van der Waals surface area contributed by atoms with Gasteiger partial charge in [-0.15, -0.1) is 0 Å². The number of nitrogens with zero attached hydrogens (tertiary/aromatic N) is 1. The molecule has 0 atom stereocenters. The van der Waals surface area contributed by atoms with Crippen LogP contribution in [0, 0.1) is 5.41 Å². The molecular weight excluding hydrogens is 134 g/mol. The second-order valence-electron chi connectivity index (χ2n) is 3.44. The van der Waals surface area contributed by atoms with Crippen molar-refractivity contribution in [3.8, 4) is 0 Å². The number of allylic oxidation sites excluding steroid dienone is 1. The SMILES string of the molecule is C=C(C=NC)C1(CCC)CC1. The number of aliphatic imine (C=N–C) groups is 1. The van der Waals surface area contributed by atoms with E-state index in [0.717, 1.165) is 0 Å². The monoisotopic (exact) mass is 151 g/mol. The van der Waals surface area contributed by atoms with Crippen LogP contribution in [0.5, 0.6) is 0 Å². The summed E-state index contributed by atoms with van der Waals surface area (Å²) in [5, 5.41) is 0. The van der Waals surface area contributed by atoms with Crippen molar-refractivity contribution in [1.82, 2.24) is 0 Å². The van der Waals surface area contributed by atoms with Crippen LogP contribution < -0.4 is 0 Å². The molecule has 1 saturated carbocycles. The molecule has 0 heterocycles. The molecule has 1 nitrogen and oxygen atoms in total. The van der Waals surface area contributed by atoms with E-state index in [0.29, 0.717) is 5.41 Å². The summed E-state index contributed by atoms with van der Waals surface area (Å²) in [6.07, 6.45) is 7.12. The first-order chi connectivity index (χ1) is 5.25. The third kappa shape index (κ3) is 1.70. The fourth-order valence-electron chi connectivity index (χ4n) is 1.65. The van der Waals surface area contributed by atoms with E-state index >= 15 is 0 Å². The molecule has 1 fully saturated rings. The maximum Gasteiger partial charge on any atom is 0.0277 e. The highest BCUT2D eigenvalue weighted by atomic mass is 14.6. The van der Waals surface area contributed by atoms with Crippen LogP contribution >= 0.6 is 0 Å². The molecule has 0 spiro atoms. The van der Waals surface area contributed by atoms with E-state index < -0.39 is 0 Å². The van der Waals surface area contributed by atoms with Crippen molar-refractivity contribution in [2.75, 3.05) is 7.05 Å². The minimum Gasteiger partial charge on any atom is -0.296 e. The fourth-order valence-corrected chi connectivity index (χ4v) is 1.65. The van der Waals surface area contributed by atoms with Gasteiger partial charge in [0.25, 0.3) is 0 Å². The lowest BCUT2D eigenvalue weighted by atomic mass is 9.93. The summed E-state index contributed by atoms with van der Waals surface area (Å²) in [5.74, 6) is 0. The minimum absolute atomic E-state index is 0.467. The van der Waals surface area contributed by atoms with Crippen molar-refractivity contribution < 1.29 is 0 Å². The Hall–Kier alpha value is -0.590. The van der Waals surface area contributed by atoms with Crippen molar-refractivity contribution in [1.29, 1.82) is 0 Å². The fraction of sp³-hybridized carbons (Fsp3) is 0.700. The Morgan fingerprint density at radius 3 is 2.64 bits per heavy atom. The predicted octanol–water partition coefficient (Wildman–Crippen LogP) is 2.82. The lowest BCUT2D eigenvalue weighted by Crippen LogP contribution is -2.04. The molecule has 0 N–H and O–H groups in total. The normalized spacial score (nSPS) is 20.5. The van der Waals surface area contributed by atoms with Crippen LogP contribution in [-0.4, -0.2) is 13.3 Å². The van der Waals surface area contributed by atoms with Gasteiger partial charge in [0.1, 0.15) is 0 Å². The van der Waals surface area contributed by atoms with E-state index in [1.54, 1.807) is 0 Å². The Morgan fingerprint density at radius 2 is 2.27 bits per heavy atom. The average molecular weight is 151 g/mol. The topological polar surface area (TPSA) is 12.4 Å². The zero-order valence-electron chi connectivity index (χ0n) is 7.56. The summed E-state index contributed by atoms with van der Waals surface area (Å²) in [6, 6.07) is 0. The molecular formula is C10H17N. The summed E-state index contributed by atoms with van der Waals surface area (Å²) < 4.78 is 0. The highest BCUT2D eigenvalue weighted by Crippen LogP contribution is 2.54. The smallest absolute Gasteiger partial charge is 0.0277 e. The van der Waals surface area contributed by atoms with Gasteiger partial charge in [-0.2, -0.15) is 0 Å². The van der Waals surface area contributed by atoms with E-state index in [2.05, 4.69) is 18.5 Å². The first-order valence-corrected chi connectivity index (χ1v) is 4.37. The quantitative estimate of drug-likeness (QED) is 0.548. The van der Waals surface area contributed by atoms with Gasteiger partial charge in [-0.05, 0) is 30.3 Å². The number of hydrogen-bond donors (Lipinski definition) is 0. The van der Waals surface area contributed by atoms with Crippen molar-refractivity contribution >= 4 is 6.21 Å². The lowest BCUT2D eigenvalue weighted by molar-refractivity contribution is 0.559. The summed E-state index contributed by atoms with van der Waals surface area (Å²) >= 11 is 0. The highest BCUT2D eigenvalue weighted by molar-refractivity contribution is 5.80. The molecule has 1 rings (SSSR count). The standard InChI is InChI=1S/C10H17N/c1-4-5-10(6-7-10)9(2)8-11-3/h8H,2,4-7H2,1,3H3. The van der Waals surface area contributed by atoms with Gasteiger partial charge in [-0.25, -0.2) is 0 Å². The number of hydrogen-bond acceptors (Lipinski definition) is 1. The molecule has 0 amide bonds. The molecule has 1 aliphatic carbocycles. The molecule has 0 unspecified atom stereocenters. The zero-order chi connectivity index (χ0) is 8.32. The Balaban J connectivity index is 2.51. The van der Waals surface area contributed by atoms with Gasteiger partial charge in [-0.1, -0.05) is 19.9 Å². The molecule has 0 bridgehead atoms. The van der Waals surface area contributed by atoms with Crippen LogP contribution in [0.3, 0.4) is 0 Å². The van der Waals surface area contributed by atoms with Crippen LogP contribution in [0.2, 0.25) is 0 Å². The Kier molecular flexibility index (Phi) is 2.48. The van der Waals surface area contributed by atoms with Crippen molar-refractivity contribution in [2.24, 2.45) is 10.4 Å². The Bertz CT molecular complexity index is 175. The third-order valence-corrected chi connectivity index (χ3v) is 2.55. The van der Waals surface area contributed by atoms with Gasteiger partial charge >= 0.3 is 0 Å². The molecule has 62 valence electrons. The van der Waals surface area contributed by atoms with Crippen LogP contribution in [0.25, 0.3) is 0 Å². The molecule has 0 saturated heterocycles. The van der Waals surface area contributed by atoms with Gasteiger partial charge in [0.2, 0.25) is 0 Å². The van der Waals surface area contributed by atoms with E-state index in [9.17, 15) is 0 Å². The van der Waals surface area contributed by atoms with E-state index in [4.69, 9.17) is 0 Å². The van der Waals surface area contributed by atoms with Crippen molar-refractivity contribution in [3.05, 3.63) is 12.2 Å². The summed E-state index contributed by atoms with van der Waals surface area (Å²) in [5.41, 5.74) is 1.70. The molecule has 1 heteroatoms. The van der Waals surface area contributed by atoms with Crippen LogP contribution in [0.1, 0.15) is 32.6 Å². The third-order valence-electron chi connectivity index (χ3n) is 2.55. The molecule has 0 aromatic rings. The molecule has 0 aliphatic heterocycles. The summed E-state index contributed by atoms with van der Waals surface area (Å²) in [4.78, 5) is 4.00. The lowest BCUT2D eigenvalue weighted by Gasteiger charge is -2.12. The van der Waals surface area contributed by atoms with E-state index in [1.165, 1.54) is 31.3 Å². The van der Waals surface area contributed by atoms with Crippen molar-refractivity contribution in [2.45, 2.75) is 32.6 Å². The summed E-state index contributed by atoms with van der Waals surface area (Å²) in [6.45, 7) is 6.28. The van der Waals surface area contributed by atoms with Crippen LogP contribution in [-0.2, 0) is 0 Å². The Labute approximate surface area is 69.2 Å². The first-order valence-electron chi connectivity index (χ1n) is 4.37. The molecule has 0 radical (unpaired) electrons. The summed E-state index contributed by atoms with van der Waals surface area (Å²) in [7, 11) is 1.81. The van der Waals surface area contributed by atoms with Gasteiger partial charge in [-0.3, -0.25) is 4.99 Å². The van der Waals surface area contributed by atoms with Gasteiger partial charge in [0.15, 0.2) is 0 Å². The zero-order valence-corrected chi connectivity index (χ0v) is 7.56. The number of rotatable bonds is 4. The Morgan fingerprint density at radius 1 is 1.64 bits per heavy atom. The maximum absolute atomic E-state index is 4.05. The second kappa shape index (κ2) is 3.21. The molecule has 0 aromatic carbocycles. The predicted molar refractivity (Wildman–Crippen MR) is 50.1 cm³/mol. The second-order valence-corrected chi connectivity index (χ2v) is 3.44. The van der Waals surface area contributed by atoms with E-state index in [-0.39, 0.29) is 0 Å². The van der Waals surface area contributed by atoms with Gasteiger partial charge < -0.3 is 0 Å². The minimum atomic E-state index is 0.467. The van der Waals surface area contributed by atoms with Gasteiger partial charge in [0.05, 0.1) is 0 Å².